The number of carbonyl (C=O) groups is 1. The molecule has 0 bridgehead atoms. The quantitative estimate of drug-likeness (QED) is 0.443. The Morgan fingerprint density at radius 3 is 2.60 bits per heavy atom. The highest BCUT2D eigenvalue weighted by Gasteiger charge is 2.23. The smallest absolute Gasteiger partial charge is 0.413 e. The Balaban J connectivity index is 1.82. The molecule has 12 heteroatoms. The number of hydrogen-bond donors (Lipinski definition) is 3. The summed E-state index contributed by atoms with van der Waals surface area (Å²) in [5.41, 5.74) is 20.2. The van der Waals surface area contributed by atoms with Crippen LogP contribution >= 0.6 is 11.3 Å². The fourth-order valence-corrected chi connectivity index (χ4v) is 3.85. The lowest BCUT2D eigenvalue weighted by atomic mass is 10.2. The van der Waals surface area contributed by atoms with Crippen LogP contribution in [0.15, 0.2) is 29.8 Å². The Hall–Kier alpha value is -3.93. The number of fused-ring (bicyclic) bond motifs is 1. The van der Waals surface area contributed by atoms with E-state index in [2.05, 4.69) is 20.1 Å². The Labute approximate surface area is 175 Å². The third kappa shape index (κ3) is 3.22. The zero-order valence-electron chi connectivity index (χ0n) is 16.2. The van der Waals surface area contributed by atoms with E-state index in [0.29, 0.717) is 23.6 Å². The van der Waals surface area contributed by atoms with Crippen LogP contribution in [0.25, 0.3) is 22.6 Å². The van der Waals surface area contributed by atoms with E-state index >= 15 is 0 Å². The van der Waals surface area contributed by atoms with Crippen molar-refractivity contribution in [3.63, 3.8) is 0 Å². The van der Waals surface area contributed by atoms with E-state index in [1.54, 1.807) is 16.9 Å². The van der Waals surface area contributed by atoms with Gasteiger partial charge in [-0.2, -0.15) is 5.10 Å². The fourth-order valence-electron chi connectivity index (χ4n) is 3.07. The Morgan fingerprint density at radius 1 is 1.23 bits per heavy atom. The number of amides is 1. The summed E-state index contributed by atoms with van der Waals surface area (Å²) in [5, 5.41) is 7.31. The second-order valence-corrected chi connectivity index (χ2v) is 7.38. The zero-order valence-corrected chi connectivity index (χ0v) is 17.1. The number of methoxy groups -OCH3 is 1. The summed E-state index contributed by atoms with van der Waals surface area (Å²) in [6.45, 7) is 0.450. The largest absolute Gasteiger partial charge is 0.452 e. The second-order valence-electron chi connectivity index (χ2n) is 6.38. The minimum atomic E-state index is -0.641. The molecule has 4 aromatic rings. The van der Waals surface area contributed by atoms with Crippen LogP contribution < -0.4 is 22.1 Å². The summed E-state index contributed by atoms with van der Waals surface area (Å²) >= 11 is 1.54. The molecule has 0 aliphatic rings. The van der Waals surface area contributed by atoms with Crippen LogP contribution in [0.2, 0.25) is 0 Å². The molecule has 0 aliphatic carbocycles. The van der Waals surface area contributed by atoms with Crippen LogP contribution in [-0.4, -0.2) is 45.0 Å². The van der Waals surface area contributed by atoms with Crippen molar-refractivity contribution in [3.05, 3.63) is 34.7 Å². The number of pyridine rings is 1. The molecule has 4 aromatic heterocycles. The molecule has 0 aromatic carbocycles. The average molecular weight is 425 g/mol. The van der Waals surface area contributed by atoms with Gasteiger partial charge in [0.1, 0.15) is 11.4 Å². The van der Waals surface area contributed by atoms with Gasteiger partial charge in [-0.1, -0.05) is 0 Å². The molecular weight excluding hydrogens is 406 g/mol. The SMILES string of the molecule is COC(=O)N(C)c1c(N)nc(-c2nn(Cc3sccc3N)c3ncccc23)nc1N. The molecule has 0 saturated carbocycles. The first-order valence-corrected chi connectivity index (χ1v) is 9.67. The van der Waals surface area contributed by atoms with Gasteiger partial charge in [-0.15, -0.1) is 11.3 Å². The normalized spacial score (nSPS) is 11.0. The number of aromatic nitrogens is 5. The van der Waals surface area contributed by atoms with Crippen LogP contribution in [0, 0.1) is 0 Å². The lowest BCUT2D eigenvalue weighted by molar-refractivity contribution is 0.180. The first-order chi connectivity index (χ1) is 14.4. The molecule has 0 unspecified atom stereocenters. The predicted molar refractivity (Wildman–Crippen MR) is 116 cm³/mol. The topological polar surface area (TPSA) is 164 Å². The maximum atomic E-state index is 11.8. The molecule has 0 fully saturated rings. The van der Waals surface area contributed by atoms with Gasteiger partial charge in [-0.25, -0.2) is 24.4 Å². The maximum absolute atomic E-state index is 11.8. The predicted octanol–water partition coefficient (Wildman–Crippen LogP) is 1.95. The van der Waals surface area contributed by atoms with Crippen molar-refractivity contribution in [2.75, 3.05) is 36.3 Å². The van der Waals surface area contributed by atoms with E-state index in [9.17, 15) is 4.79 Å². The summed E-state index contributed by atoms with van der Waals surface area (Å²) < 4.78 is 6.43. The molecular formula is C18H19N9O2S. The molecule has 11 nitrogen and oxygen atoms in total. The Kier molecular flexibility index (Phi) is 4.83. The van der Waals surface area contributed by atoms with Gasteiger partial charge in [0.2, 0.25) is 0 Å². The number of nitrogen functional groups attached to an aromatic ring is 3. The first kappa shape index (κ1) is 19.4. The van der Waals surface area contributed by atoms with E-state index in [1.807, 2.05) is 17.5 Å². The fraction of sp³-hybridized carbons (Fsp3) is 0.167. The monoisotopic (exact) mass is 425 g/mol. The zero-order chi connectivity index (χ0) is 21.4. The summed E-state index contributed by atoms with van der Waals surface area (Å²) in [6, 6.07) is 5.51. The number of nitrogens with two attached hydrogens (primary N) is 3. The van der Waals surface area contributed by atoms with Gasteiger partial charge in [0.25, 0.3) is 0 Å². The molecule has 0 spiro atoms. The number of thiophene rings is 1. The van der Waals surface area contributed by atoms with Crippen LogP contribution in [0.5, 0.6) is 0 Å². The van der Waals surface area contributed by atoms with E-state index in [0.717, 1.165) is 15.2 Å². The molecule has 1 amide bonds. The summed E-state index contributed by atoms with van der Waals surface area (Å²) in [6.07, 6.45) is 1.04. The Bertz CT molecular complexity index is 1230. The second kappa shape index (κ2) is 7.48. The van der Waals surface area contributed by atoms with Crippen LogP contribution in [0.1, 0.15) is 4.88 Å². The van der Waals surface area contributed by atoms with Crippen molar-refractivity contribution in [1.82, 2.24) is 24.7 Å². The maximum Gasteiger partial charge on any atom is 0.413 e. The van der Waals surface area contributed by atoms with Crippen LogP contribution in [-0.2, 0) is 11.3 Å². The third-order valence-electron chi connectivity index (χ3n) is 4.51. The van der Waals surface area contributed by atoms with Gasteiger partial charge in [-0.05, 0) is 23.6 Å². The number of rotatable bonds is 4. The van der Waals surface area contributed by atoms with Gasteiger partial charge >= 0.3 is 6.09 Å². The number of ether oxygens (including phenoxy) is 1. The number of nitrogens with zero attached hydrogens (tertiary/aromatic N) is 6. The minimum Gasteiger partial charge on any atom is -0.452 e. The average Bonchev–Trinajstić information content (AvgIpc) is 3.30. The summed E-state index contributed by atoms with van der Waals surface area (Å²) in [4.78, 5) is 27.0. The van der Waals surface area contributed by atoms with Crippen molar-refractivity contribution in [1.29, 1.82) is 0 Å². The number of anilines is 4. The molecule has 4 heterocycles. The minimum absolute atomic E-state index is 0.0273. The van der Waals surface area contributed by atoms with E-state index in [4.69, 9.17) is 21.9 Å². The Morgan fingerprint density at radius 2 is 1.97 bits per heavy atom. The lowest BCUT2D eigenvalue weighted by Gasteiger charge is -2.18. The van der Waals surface area contributed by atoms with Gasteiger partial charge in [-0.3, -0.25) is 4.90 Å². The van der Waals surface area contributed by atoms with E-state index in [1.165, 1.54) is 25.5 Å². The van der Waals surface area contributed by atoms with Gasteiger partial charge in [0, 0.05) is 23.8 Å². The lowest BCUT2D eigenvalue weighted by Crippen LogP contribution is -2.28. The molecule has 0 radical (unpaired) electrons. The highest BCUT2D eigenvalue weighted by Crippen LogP contribution is 2.32. The summed E-state index contributed by atoms with van der Waals surface area (Å²) in [7, 11) is 2.73. The molecule has 6 N–H and O–H groups in total. The molecule has 0 aliphatic heterocycles. The van der Waals surface area contributed by atoms with Gasteiger partial charge in [0.05, 0.1) is 19.0 Å². The third-order valence-corrected chi connectivity index (χ3v) is 5.44. The molecule has 0 saturated heterocycles. The highest BCUT2D eigenvalue weighted by atomic mass is 32.1. The highest BCUT2D eigenvalue weighted by molar-refractivity contribution is 7.10. The van der Waals surface area contributed by atoms with Crippen LogP contribution in [0.3, 0.4) is 0 Å². The van der Waals surface area contributed by atoms with Gasteiger partial charge in [0.15, 0.2) is 23.1 Å². The molecule has 4 rings (SSSR count). The van der Waals surface area contributed by atoms with E-state index < -0.39 is 6.09 Å². The van der Waals surface area contributed by atoms with Crippen molar-refractivity contribution >= 4 is 51.5 Å². The molecule has 0 atom stereocenters. The van der Waals surface area contributed by atoms with Gasteiger partial charge < -0.3 is 21.9 Å². The van der Waals surface area contributed by atoms with E-state index in [-0.39, 0.29) is 23.1 Å². The molecule has 30 heavy (non-hydrogen) atoms. The van der Waals surface area contributed by atoms with Crippen molar-refractivity contribution in [3.8, 4) is 11.5 Å². The van der Waals surface area contributed by atoms with Crippen molar-refractivity contribution in [2.24, 2.45) is 0 Å². The number of carbonyl (C=O) groups excluding carboxylic acids is 1. The van der Waals surface area contributed by atoms with Crippen LogP contribution in [0.4, 0.5) is 27.8 Å². The standard InChI is InChI=1S/C18H19N9O2S/c1-26(18(28)29-2)13-14(20)23-16(24-15(13)21)12-9-4-3-6-22-17(9)27(25-12)8-11-10(19)5-7-30-11/h3-7H,8,19H2,1-2H3,(H4,20,21,23,24). The first-order valence-electron chi connectivity index (χ1n) is 8.79. The number of hydrogen-bond acceptors (Lipinski definition) is 10. The summed E-state index contributed by atoms with van der Waals surface area (Å²) in [5.74, 6) is 0.280. The molecule has 154 valence electrons. The van der Waals surface area contributed by atoms with Crippen molar-refractivity contribution < 1.29 is 9.53 Å². The van der Waals surface area contributed by atoms with Crippen molar-refractivity contribution in [2.45, 2.75) is 6.54 Å².